The highest BCUT2D eigenvalue weighted by Gasteiger charge is 2.27. The zero-order chi connectivity index (χ0) is 20.3. The average molecular weight is 375 g/mol. The summed E-state index contributed by atoms with van der Waals surface area (Å²) >= 11 is 0. The maximum Gasteiger partial charge on any atom is 0.326 e. The Morgan fingerprint density at radius 3 is 2.12 bits per heavy atom. The van der Waals surface area contributed by atoms with Crippen LogP contribution in [0, 0.1) is 0 Å². The van der Waals surface area contributed by atoms with Crippen LogP contribution in [-0.2, 0) is 19.2 Å². The van der Waals surface area contributed by atoms with Crippen molar-refractivity contribution in [1.29, 1.82) is 0 Å². The van der Waals surface area contributed by atoms with Gasteiger partial charge < -0.3 is 37.6 Å². The topological polar surface area (TPSA) is 197 Å². The lowest BCUT2D eigenvalue weighted by atomic mass is 10.1. The maximum absolute atomic E-state index is 12.0. The molecule has 3 amide bonds. The second-order valence-electron chi connectivity index (χ2n) is 5.98. The van der Waals surface area contributed by atoms with Gasteiger partial charge in [0.25, 0.3) is 0 Å². The lowest BCUT2D eigenvalue weighted by Crippen LogP contribution is -2.56. The Balaban J connectivity index is 4.57. The van der Waals surface area contributed by atoms with E-state index in [1.54, 1.807) is 0 Å². The van der Waals surface area contributed by atoms with E-state index in [-0.39, 0.29) is 6.42 Å². The van der Waals surface area contributed by atoms with Crippen molar-refractivity contribution in [1.82, 2.24) is 16.0 Å². The third-order valence-electron chi connectivity index (χ3n) is 3.48. The number of carboxylic acids is 1. The van der Waals surface area contributed by atoms with Crippen molar-refractivity contribution < 1.29 is 29.4 Å². The fraction of sp³-hybridized carbons (Fsp3) is 0.733. The molecule has 0 fully saturated rings. The number of aliphatic hydroxyl groups is 1. The minimum atomic E-state index is -1.29. The highest BCUT2D eigenvalue weighted by molar-refractivity contribution is 5.92. The third kappa shape index (κ3) is 9.30. The number of carbonyl (C=O) groups excluding carboxylic acids is 3. The lowest BCUT2D eigenvalue weighted by Gasteiger charge is -2.22. The second kappa shape index (κ2) is 12.2. The Bertz CT molecular complexity index is 497. The number of carboxylic acid groups (broad SMARTS) is 1. The monoisotopic (exact) mass is 375 g/mol. The van der Waals surface area contributed by atoms with Gasteiger partial charge in [0.2, 0.25) is 17.7 Å². The number of hydrogen-bond donors (Lipinski definition) is 7. The van der Waals surface area contributed by atoms with Gasteiger partial charge in [0.15, 0.2) is 0 Å². The first-order valence-electron chi connectivity index (χ1n) is 8.34. The Morgan fingerprint density at radius 1 is 1.04 bits per heavy atom. The molecule has 0 aliphatic heterocycles. The first kappa shape index (κ1) is 23.8. The Hall–Kier alpha value is -2.24. The summed E-state index contributed by atoms with van der Waals surface area (Å²) in [5, 5.41) is 25.5. The van der Waals surface area contributed by atoms with Gasteiger partial charge in [-0.15, -0.1) is 0 Å². The van der Waals surface area contributed by atoms with Crippen LogP contribution < -0.4 is 27.4 Å². The van der Waals surface area contributed by atoms with Crippen molar-refractivity contribution >= 4 is 23.7 Å². The molecule has 0 heterocycles. The summed E-state index contributed by atoms with van der Waals surface area (Å²) < 4.78 is 0. The van der Waals surface area contributed by atoms with Crippen LogP contribution in [0.5, 0.6) is 0 Å². The van der Waals surface area contributed by atoms with E-state index < -0.39 is 54.5 Å². The van der Waals surface area contributed by atoms with E-state index >= 15 is 0 Å². The molecule has 0 radical (unpaired) electrons. The maximum atomic E-state index is 12.0. The molecule has 0 aromatic rings. The fourth-order valence-corrected chi connectivity index (χ4v) is 1.96. The highest BCUT2D eigenvalue weighted by Crippen LogP contribution is 2.01. The van der Waals surface area contributed by atoms with Gasteiger partial charge in [-0.25, -0.2) is 4.79 Å². The first-order chi connectivity index (χ1) is 12.1. The molecule has 0 aliphatic rings. The summed E-state index contributed by atoms with van der Waals surface area (Å²) in [7, 11) is 0. The van der Waals surface area contributed by atoms with Crippen molar-refractivity contribution in [3.63, 3.8) is 0 Å². The largest absolute Gasteiger partial charge is 0.480 e. The van der Waals surface area contributed by atoms with Crippen LogP contribution in [0.4, 0.5) is 0 Å². The first-order valence-corrected chi connectivity index (χ1v) is 8.34. The number of nitrogens with one attached hydrogen (secondary N) is 3. The molecule has 0 rings (SSSR count). The fourth-order valence-electron chi connectivity index (χ4n) is 1.96. The molecule has 150 valence electrons. The van der Waals surface area contributed by atoms with E-state index in [4.69, 9.17) is 16.6 Å². The molecule has 0 bridgehead atoms. The van der Waals surface area contributed by atoms with Gasteiger partial charge in [-0.3, -0.25) is 14.4 Å². The molecule has 26 heavy (non-hydrogen) atoms. The van der Waals surface area contributed by atoms with Crippen LogP contribution in [0.1, 0.15) is 33.1 Å². The van der Waals surface area contributed by atoms with E-state index in [0.29, 0.717) is 19.4 Å². The zero-order valence-corrected chi connectivity index (χ0v) is 15.0. The van der Waals surface area contributed by atoms with Crippen molar-refractivity contribution in [2.75, 3.05) is 13.1 Å². The molecule has 9 N–H and O–H groups in total. The molecule has 0 aromatic heterocycles. The van der Waals surface area contributed by atoms with Gasteiger partial charge in [-0.1, -0.05) is 0 Å². The van der Waals surface area contributed by atoms with Crippen LogP contribution in [0.3, 0.4) is 0 Å². The normalized spacial score (nSPS) is 15.3. The lowest BCUT2D eigenvalue weighted by molar-refractivity contribution is -0.142. The number of rotatable bonds is 12. The van der Waals surface area contributed by atoms with Gasteiger partial charge >= 0.3 is 5.97 Å². The third-order valence-corrected chi connectivity index (χ3v) is 3.48. The van der Waals surface area contributed by atoms with Crippen molar-refractivity contribution in [3.05, 3.63) is 0 Å². The van der Waals surface area contributed by atoms with E-state index in [0.717, 1.165) is 0 Å². The molecule has 0 aromatic carbocycles. The van der Waals surface area contributed by atoms with Crippen LogP contribution in [0.25, 0.3) is 0 Å². The smallest absolute Gasteiger partial charge is 0.326 e. The van der Waals surface area contributed by atoms with Crippen LogP contribution >= 0.6 is 0 Å². The predicted molar refractivity (Wildman–Crippen MR) is 92.7 cm³/mol. The molecule has 0 spiro atoms. The van der Waals surface area contributed by atoms with Gasteiger partial charge in [-0.05, 0) is 39.7 Å². The quantitative estimate of drug-likeness (QED) is 0.175. The molecule has 11 nitrogen and oxygen atoms in total. The van der Waals surface area contributed by atoms with Gasteiger partial charge in [0, 0.05) is 0 Å². The number of nitrogens with two attached hydrogens (primary N) is 2. The number of amides is 3. The molecular weight excluding hydrogens is 346 g/mol. The van der Waals surface area contributed by atoms with Crippen molar-refractivity contribution in [3.8, 4) is 0 Å². The Kier molecular flexibility index (Phi) is 11.1. The summed E-state index contributed by atoms with van der Waals surface area (Å²) in [6, 6.07) is -3.25. The van der Waals surface area contributed by atoms with Crippen LogP contribution in [0.15, 0.2) is 0 Å². The Labute approximate surface area is 151 Å². The molecule has 0 saturated heterocycles. The van der Waals surface area contributed by atoms with Crippen molar-refractivity contribution in [2.24, 2.45) is 11.5 Å². The SMILES string of the molecule is CC(N)C(=O)NC(C(=O)NCC(=O)NC(CCCCN)C(=O)O)C(C)O. The molecular formula is C15H29N5O6. The average Bonchev–Trinajstić information content (AvgIpc) is 2.55. The molecule has 0 aliphatic carbocycles. The number of hydrogen-bond acceptors (Lipinski definition) is 7. The summed E-state index contributed by atoms with van der Waals surface area (Å²) in [4.78, 5) is 46.6. The zero-order valence-electron chi connectivity index (χ0n) is 15.0. The molecule has 0 saturated carbocycles. The van der Waals surface area contributed by atoms with Crippen LogP contribution in [0.2, 0.25) is 0 Å². The van der Waals surface area contributed by atoms with Gasteiger partial charge in [0.05, 0.1) is 18.7 Å². The number of aliphatic hydroxyl groups excluding tert-OH is 1. The van der Waals surface area contributed by atoms with E-state index in [1.165, 1.54) is 13.8 Å². The van der Waals surface area contributed by atoms with Gasteiger partial charge in [0.1, 0.15) is 12.1 Å². The number of unbranched alkanes of at least 4 members (excludes halogenated alkanes) is 1. The standard InChI is InChI=1S/C15H29N5O6/c1-8(17)13(23)20-12(9(2)21)14(24)18-7-11(22)19-10(15(25)26)5-3-4-6-16/h8-10,12,21H,3-7,16-17H2,1-2H3,(H,18,24)(H,19,22)(H,20,23)(H,25,26). The summed E-state index contributed by atoms with van der Waals surface area (Å²) in [5.74, 6) is -3.32. The van der Waals surface area contributed by atoms with Crippen molar-refractivity contribution in [2.45, 2.75) is 57.3 Å². The van der Waals surface area contributed by atoms with E-state index in [2.05, 4.69) is 16.0 Å². The number of aliphatic carboxylic acids is 1. The summed E-state index contributed by atoms with van der Waals surface area (Å²) in [6.07, 6.45) is 0.162. The van der Waals surface area contributed by atoms with E-state index in [1.807, 2.05) is 0 Å². The minimum absolute atomic E-state index is 0.215. The predicted octanol–water partition coefficient (Wildman–Crippen LogP) is -2.99. The molecule has 4 atom stereocenters. The second-order valence-corrected chi connectivity index (χ2v) is 5.98. The molecule has 11 heteroatoms. The summed E-state index contributed by atoms with van der Waals surface area (Å²) in [5.41, 5.74) is 10.7. The van der Waals surface area contributed by atoms with Gasteiger partial charge in [-0.2, -0.15) is 0 Å². The summed E-state index contributed by atoms with van der Waals surface area (Å²) in [6.45, 7) is 2.63. The minimum Gasteiger partial charge on any atom is -0.480 e. The van der Waals surface area contributed by atoms with Crippen LogP contribution in [-0.4, -0.2) is 71.2 Å². The highest BCUT2D eigenvalue weighted by atomic mass is 16.4. The Morgan fingerprint density at radius 2 is 1.65 bits per heavy atom. The van der Waals surface area contributed by atoms with E-state index in [9.17, 15) is 24.3 Å². The number of carbonyl (C=O) groups is 4. The molecule has 4 unspecified atom stereocenters.